The molecular weight excluding hydrogens is 244 g/mol. The largest absolute Gasteiger partial charge is 0.497 e. The van der Waals surface area contributed by atoms with E-state index in [1.54, 1.807) is 18.4 Å². The quantitative estimate of drug-likeness (QED) is 0.917. The summed E-state index contributed by atoms with van der Waals surface area (Å²) in [5.74, 6) is 1.24. The molecule has 1 aromatic heterocycles. The Bertz CT molecular complexity index is 522. The van der Waals surface area contributed by atoms with Crippen LogP contribution in [0.3, 0.4) is 0 Å². The highest BCUT2D eigenvalue weighted by atomic mass is 32.1. The van der Waals surface area contributed by atoms with Crippen molar-refractivity contribution < 1.29 is 4.74 Å². The van der Waals surface area contributed by atoms with Crippen LogP contribution in [0.4, 0.5) is 0 Å². The van der Waals surface area contributed by atoms with Gasteiger partial charge in [0.05, 0.1) is 18.8 Å². The number of hydrogen-bond donors (Lipinski definition) is 1. The molecule has 0 spiro atoms. The number of nitrogens with two attached hydrogens (primary N) is 1. The predicted octanol–water partition coefficient (Wildman–Crippen LogP) is 3.47. The molecule has 0 saturated carbocycles. The molecule has 96 valence electrons. The molecule has 1 unspecified atom stereocenters. The van der Waals surface area contributed by atoms with Crippen LogP contribution in [0.5, 0.6) is 5.75 Å². The van der Waals surface area contributed by atoms with Gasteiger partial charge in [-0.2, -0.15) is 0 Å². The summed E-state index contributed by atoms with van der Waals surface area (Å²) in [6.45, 7) is 4.21. The van der Waals surface area contributed by atoms with Crippen LogP contribution in [-0.2, 0) is 0 Å². The summed E-state index contributed by atoms with van der Waals surface area (Å²) in [6, 6.07) is 7.92. The van der Waals surface area contributed by atoms with Gasteiger partial charge in [-0.3, -0.25) is 0 Å². The lowest BCUT2D eigenvalue weighted by Crippen LogP contribution is -2.16. The highest BCUT2D eigenvalue weighted by Crippen LogP contribution is 2.29. The zero-order chi connectivity index (χ0) is 13.1. The first-order valence-electron chi connectivity index (χ1n) is 5.97. The first kappa shape index (κ1) is 13.1. The molecule has 0 aliphatic rings. The Hall–Kier alpha value is -1.39. The van der Waals surface area contributed by atoms with Crippen LogP contribution >= 0.6 is 11.3 Å². The van der Waals surface area contributed by atoms with E-state index in [-0.39, 0.29) is 6.04 Å². The summed E-state index contributed by atoms with van der Waals surface area (Å²) in [6.07, 6.45) is 0. The van der Waals surface area contributed by atoms with Crippen molar-refractivity contribution in [2.45, 2.75) is 19.9 Å². The lowest BCUT2D eigenvalue weighted by atomic mass is 10.0. The zero-order valence-corrected chi connectivity index (χ0v) is 11.7. The fourth-order valence-electron chi connectivity index (χ4n) is 1.67. The molecular formula is C14H18N2OS. The minimum Gasteiger partial charge on any atom is -0.497 e. The Morgan fingerprint density at radius 2 is 2.11 bits per heavy atom. The maximum atomic E-state index is 6.10. The lowest BCUT2D eigenvalue weighted by molar-refractivity contribution is 0.415. The van der Waals surface area contributed by atoms with Gasteiger partial charge < -0.3 is 10.5 Å². The van der Waals surface area contributed by atoms with Gasteiger partial charge in [0.25, 0.3) is 0 Å². The number of thiazole rings is 1. The molecule has 0 saturated heterocycles. The van der Waals surface area contributed by atoms with E-state index in [2.05, 4.69) is 18.8 Å². The van der Waals surface area contributed by atoms with Crippen LogP contribution in [0.25, 0.3) is 10.6 Å². The van der Waals surface area contributed by atoms with E-state index in [1.807, 2.05) is 29.6 Å². The van der Waals surface area contributed by atoms with Crippen LogP contribution < -0.4 is 10.5 Å². The van der Waals surface area contributed by atoms with Crippen molar-refractivity contribution in [3.05, 3.63) is 35.3 Å². The van der Waals surface area contributed by atoms with Crippen LogP contribution in [0, 0.1) is 5.92 Å². The van der Waals surface area contributed by atoms with Gasteiger partial charge >= 0.3 is 0 Å². The Morgan fingerprint density at radius 1 is 1.33 bits per heavy atom. The highest BCUT2D eigenvalue weighted by molar-refractivity contribution is 7.13. The number of aromatic nitrogens is 1. The predicted molar refractivity (Wildman–Crippen MR) is 75.9 cm³/mol. The Balaban J connectivity index is 2.29. The molecule has 1 atom stereocenters. The van der Waals surface area contributed by atoms with Crippen molar-refractivity contribution in [3.63, 3.8) is 0 Å². The molecule has 3 nitrogen and oxygen atoms in total. The van der Waals surface area contributed by atoms with Gasteiger partial charge in [0.15, 0.2) is 0 Å². The van der Waals surface area contributed by atoms with E-state index >= 15 is 0 Å². The third-order valence-electron chi connectivity index (χ3n) is 2.90. The standard InChI is InChI=1S/C14H18N2OS/c1-9(2)13(15)12-8-18-14(16-12)10-5-4-6-11(7-10)17-3/h4-9,13H,15H2,1-3H3. The van der Waals surface area contributed by atoms with Gasteiger partial charge in [0.2, 0.25) is 0 Å². The molecule has 0 aliphatic heterocycles. The Morgan fingerprint density at radius 3 is 2.78 bits per heavy atom. The number of rotatable bonds is 4. The van der Waals surface area contributed by atoms with Crippen LogP contribution in [0.15, 0.2) is 29.6 Å². The third-order valence-corrected chi connectivity index (χ3v) is 3.81. The van der Waals surface area contributed by atoms with Crippen molar-refractivity contribution in [1.29, 1.82) is 0 Å². The molecule has 1 heterocycles. The number of nitrogens with zero attached hydrogens (tertiary/aromatic N) is 1. The van der Waals surface area contributed by atoms with E-state index in [0.717, 1.165) is 22.0 Å². The van der Waals surface area contributed by atoms with E-state index in [9.17, 15) is 0 Å². The number of benzene rings is 1. The first-order valence-corrected chi connectivity index (χ1v) is 6.85. The summed E-state index contributed by atoms with van der Waals surface area (Å²) < 4.78 is 5.22. The molecule has 18 heavy (non-hydrogen) atoms. The summed E-state index contributed by atoms with van der Waals surface area (Å²) >= 11 is 1.62. The first-order chi connectivity index (χ1) is 8.61. The zero-order valence-electron chi connectivity index (χ0n) is 10.9. The highest BCUT2D eigenvalue weighted by Gasteiger charge is 2.14. The van der Waals surface area contributed by atoms with Crippen LogP contribution in [-0.4, -0.2) is 12.1 Å². The van der Waals surface area contributed by atoms with Crippen molar-refractivity contribution in [3.8, 4) is 16.3 Å². The Labute approximate surface area is 112 Å². The number of hydrogen-bond acceptors (Lipinski definition) is 4. The number of ether oxygens (including phenoxy) is 1. The van der Waals surface area contributed by atoms with Gasteiger partial charge in [-0.25, -0.2) is 4.98 Å². The van der Waals surface area contributed by atoms with Gasteiger partial charge in [0, 0.05) is 10.9 Å². The molecule has 1 aromatic carbocycles. The van der Waals surface area contributed by atoms with Crippen molar-refractivity contribution in [2.75, 3.05) is 7.11 Å². The smallest absolute Gasteiger partial charge is 0.123 e. The molecule has 0 aliphatic carbocycles. The fraction of sp³-hybridized carbons (Fsp3) is 0.357. The summed E-state index contributed by atoms with van der Waals surface area (Å²) in [5, 5.41) is 3.03. The maximum Gasteiger partial charge on any atom is 0.123 e. The molecule has 2 aromatic rings. The van der Waals surface area contributed by atoms with Crippen molar-refractivity contribution >= 4 is 11.3 Å². The van der Waals surface area contributed by atoms with Gasteiger partial charge in [-0.15, -0.1) is 11.3 Å². The van der Waals surface area contributed by atoms with E-state index in [0.29, 0.717) is 5.92 Å². The minimum atomic E-state index is 0.000563. The summed E-state index contributed by atoms with van der Waals surface area (Å²) in [7, 11) is 1.67. The second-order valence-electron chi connectivity index (χ2n) is 4.58. The van der Waals surface area contributed by atoms with E-state index in [1.165, 1.54) is 0 Å². The molecule has 0 radical (unpaired) electrons. The Kier molecular flexibility index (Phi) is 3.99. The second kappa shape index (κ2) is 5.50. The van der Waals surface area contributed by atoms with Crippen LogP contribution in [0.1, 0.15) is 25.6 Å². The molecule has 2 N–H and O–H groups in total. The summed E-state index contributed by atoms with van der Waals surface area (Å²) in [4.78, 5) is 4.62. The molecule has 4 heteroatoms. The summed E-state index contributed by atoms with van der Waals surface area (Å²) in [5.41, 5.74) is 8.14. The molecule has 0 fully saturated rings. The van der Waals surface area contributed by atoms with E-state index < -0.39 is 0 Å². The fourth-order valence-corrected chi connectivity index (χ4v) is 2.53. The van der Waals surface area contributed by atoms with E-state index in [4.69, 9.17) is 10.5 Å². The second-order valence-corrected chi connectivity index (χ2v) is 5.44. The number of methoxy groups -OCH3 is 1. The van der Waals surface area contributed by atoms with Gasteiger partial charge in [0.1, 0.15) is 10.8 Å². The monoisotopic (exact) mass is 262 g/mol. The average Bonchev–Trinajstić information content (AvgIpc) is 2.87. The molecule has 2 rings (SSSR count). The third kappa shape index (κ3) is 2.71. The molecule has 0 bridgehead atoms. The van der Waals surface area contributed by atoms with Crippen molar-refractivity contribution in [1.82, 2.24) is 4.98 Å². The topological polar surface area (TPSA) is 48.1 Å². The lowest BCUT2D eigenvalue weighted by Gasteiger charge is -2.12. The van der Waals surface area contributed by atoms with Crippen LogP contribution in [0.2, 0.25) is 0 Å². The van der Waals surface area contributed by atoms with Gasteiger partial charge in [-0.1, -0.05) is 26.0 Å². The normalized spacial score (nSPS) is 12.7. The van der Waals surface area contributed by atoms with Gasteiger partial charge in [-0.05, 0) is 18.1 Å². The SMILES string of the molecule is COc1cccc(-c2nc(C(N)C(C)C)cs2)c1. The minimum absolute atomic E-state index is 0.000563. The average molecular weight is 262 g/mol. The maximum absolute atomic E-state index is 6.10. The van der Waals surface area contributed by atoms with Crippen molar-refractivity contribution in [2.24, 2.45) is 11.7 Å². The molecule has 0 amide bonds.